The van der Waals surface area contributed by atoms with Crippen molar-refractivity contribution in [2.75, 3.05) is 19.0 Å². The molecule has 0 aromatic heterocycles. The predicted molar refractivity (Wildman–Crippen MR) is 68.5 cm³/mol. The quantitative estimate of drug-likeness (QED) is 0.398. The fourth-order valence-corrected chi connectivity index (χ4v) is 0.671. The molecular formula is C5H13B6P. The van der Waals surface area contributed by atoms with Gasteiger partial charge in [0.1, 0.15) is 0 Å². The maximum atomic E-state index is 2.34. The minimum Gasteiger partial charge on any atom is -0.110 e. The lowest BCUT2D eigenvalue weighted by molar-refractivity contribution is 1.41. The molecule has 0 rings (SSSR count). The summed E-state index contributed by atoms with van der Waals surface area (Å²) in [4.78, 5) is 0. The van der Waals surface area contributed by atoms with E-state index in [-0.39, 0.29) is 50.5 Å². The van der Waals surface area contributed by atoms with Crippen LogP contribution >= 0.6 is 7.92 Å². The van der Waals surface area contributed by atoms with Gasteiger partial charge in [0.2, 0.25) is 0 Å². The van der Waals surface area contributed by atoms with E-state index in [2.05, 4.69) is 20.5 Å². The Balaban J connectivity index is -0.00000000833. The summed E-state index contributed by atoms with van der Waals surface area (Å²) in [6.45, 7) is 6.86. The van der Waals surface area contributed by atoms with Crippen LogP contribution in [0.4, 0.5) is 0 Å². The normalized spacial score (nSPS) is 5.00. The summed E-state index contributed by atoms with van der Waals surface area (Å²) in [5.41, 5.74) is 0. The molecule has 0 atom stereocenters. The lowest BCUT2D eigenvalue weighted by Gasteiger charge is -2.00. The zero-order valence-electron chi connectivity index (χ0n) is 8.33. The molecule has 0 nitrogen and oxygen atoms in total. The zero-order chi connectivity index (χ0) is 4.99. The molecule has 0 bridgehead atoms. The van der Waals surface area contributed by atoms with E-state index >= 15 is 0 Å². The average Bonchev–Trinajstić information content (AvgIpc) is 1.65. The lowest BCUT2D eigenvalue weighted by Crippen LogP contribution is -1.75. The van der Waals surface area contributed by atoms with Crippen LogP contribution in [0.2, 0.25) is 0 Å². The summed E-state index contributed by atoms with van der Waals surface area (Å²) in [6, 6.07) is 0. The summed E-state index contributed by atoms with van der Waals surface area (Å²) in [6.07, 6.45) is 2.79. The first-order valence-corrected chi connectivity index (χ1v) is 4.65. The van der Waals surface area contributed by atoms with Gasteiger partial charge in [-0.1, -0.05) is 13.8 Å². The Morgan fingerprint density at radius 2 is 0.833 bits per heavy atom. The van der Waals surface area contributed by atoms with Crippen LogP contribution in [0.3, 0.4) is 0 Å². The molecule has 0 aliphatic heterocycles. The Morgan fingerprint density at radius 1 is 0.667 bits per heavy atom. The number of rotatable bonds is 2. The molecule has 0 heterocycles. The van der Waals surface area contributed by atoms with E-state index in [1.807, 2.05) is 0 Å². The van der Waals surface area contributed by atoms with Gasteiger partial charge in [-0.3, -0.25) is 0 Å². The van der Waals surface area contributed by atoms with Crippen molar-refractivity contribution in [2.24, 2.45) is 0 Å². The maximum absolute atomic E-state index is 2.34. The molecular weight excluding hydrogens is 156 g/mol. The van der Waals surface area contributed by atoms with E-state index < -0.39 is 0 Å². The monoisotopic (exact) mass is 170 g/mol. The third kappa shape index (κ3) is 44.9. The van der Waals surface area contributed by atoms with Gasteiger partial charge in [0.05, 0.1) is 0 Å². The van der Waals surface area contributed by atoms with E-state index in [0.717, 1.165) is 0 Å². The van der Waals surface area contributed by atoms with Crippen LogP contribution in [0.25, 0.3) is 0 Å². The van der Waals surface area contributed by atoms with Crippen LogP contribution in [0.15, 0.2) is 0 Å². The Bertz CT molecular complexity index is 35.1. The van der Waals surface area contributed by atoms with Gasteiger partial charge in [0.15, 0.2) is 0 Å². The maximum Gasteiger partial charge on any atom is 0 e. The minimum absolute atomic E-state index is 0. The molecule has 0 aromatic rings. The van der Waals surface area contributed by atoms with Crippen molar-refractivity contribution in [3.8, 4) is 0 Å². The standard InChI is InChI=1S/C5H13P.6B/c1-4-6(3)5-2;;;;;;/h4-5H2,1-3H3;;;;;;. The van der Waals surface area contributed by atoms with Crippen molar-refractivity contribution in [2.45, 2.75) is 13.8 Å². The molecule has 18 radical (unpaired) electrons. The lowest BCUT2D eigenvalue weighted by atomic mass is 10.8. The van der Waals surface area contributed by atoms with E-state index in [4.69, 9.17) is 0 Å². The van der Waals surface area contributed by atoms with E-state index in [0.29, 0.717) is 7.92 Å². The van der Waals surface area contributed by atoms with Gasteiger partial charge in [0, 0.05) is 50.5 Å². The van der Waals surface area contributed by atoms with E-state index in [9.17, 15) is 0 Å². The Labute approximate surface area is 91.6 Å². The minimum atomic E-state index is 0. The van der Waals surface area contributed by atoms with Crippen molar-refractivity contribution in [1.29, 1.82) is 0 Å². The van der Waals surface area contributed by atoms with Gasteiger partial charge in [-0.2, -0.15) is 0 Å². The van der Waals surface area contributed by atoms with Crippen LogP contribution in [0.1, 0.15) is 13.8 Å². The molecule has 7 heteroatoms. The molecule has 0 saturated carbocycles. The van der Waals surface area contributed by atoms with Gasteiger partial charge in [-0.05, 0) is 19.0 Å². The van der Waals surface area contributed by atoms with Gasteiger partial charge < -0.3 is 0 Å². The highest BCUT2D eigenvalue weighted by Gasteiger charge is 1.87. The second kappa shape index (κ2) is 40.9. The SMILES string of the molecule is CCP(C)CC.[B].[B].[B].[B].[B].[B]. The molecule has 0 unspecified atom stereocenters. The van der Waals surface area contributed by atoms with E-state index in [1.165, 1.54) is 12.3 Å². The van der Waals surface area contributed by atoms with Crippen LogP contribution in [0.5, 0.6) is 0 Å². The Hall–Kier alpha value is 0.820. The average molecular weight is 169 g/mol. The molecule has 0 saturated heterocycles. The van der Waals surface area contributed by atoms with Crippen molar-refractivity contribution >= 4 is 58.4 Å². The van der Waals surface area contributed by atoms with Crippen LogP contribution in [-0.4, -0.2) is 69.5 Å². The van der Waals surface area contributed by atoms with E-state index in [1.54, 1.807) is 0 Å². The summed E-state index contributed by atoms with van der Waals surface area (Å²) in [7, 11) is 0.424. The fraction of sp³-hybridized carbons (Fsp3) is 1.00. The molecule has 0 aliphatic rings. The summed E-state index contributed by atoms with van der Waals surface area (Å²) in [5.74, 6) is 0. The number of hydrogen-bond donors (Lipinski definition) is 0. The fourth-order valence-electron chi connectivity index (χ4n) is 0.224. The van der Waals surface area contributed by atoms with Crippen molar-refractivity contribution in [1.82, 2.24) is 0 Å². The molecule has 0 fully saturated rings. The third-order valence-electron chi connectivity index (χ3n) is 1.08. The smallest absolute Gasteiger partial charge is 0 e. The first kappa shape index (κ1) is 52.9. The number of hydrogen-bond acceptors (Lipinski definition) is 0. The zero-order valence-corrected chi connectivity index (χ0v) is 9.22. The summed E-state index contributed by atoms with van der Waals surface area (Å²) in [5, 5.41) is 0. The largest absolute Gasteiger partial charge is 0.110 e. The van der Waals surface area contributed by atoms with Crippen molar-refractivity contribution in [3.05, 3.63) is 0 Å². The second-order valence-corrected chi connectivity index (χ2v) is 4.47. The molecule has 0 amide bonds. The summed E-state index contributed by atoms with van der Waals surface area (Å²) >= 11 is 0. The first-order valence-electron chi connectivity index (χ1n) is 2.49. The van der Waals surface area contributed by atoms with Crippen LogP contribution in [-0.2, 0) is 0 Å². The first-order chi connectivity index (χ1) is 2.81. The molecule has 12 heavy (non-hydrogen) atoms. The molecule has 56 valence electrons. The molecule has 0 aliphatic carbocycles. The molecule has 0 N–H and O–H groups in total. The van der Waals surface area contributed by atoms with Gasteiger partial charge >= 0.3 is 0 Å². The second-order valence-electron chi connectivity index (χ2n) is 1.49. The summed E-state index contributed by atoms with van der Waals surface area (Å²) < 4.78 is 0. The van der Waals surface area contributed by atoms with Crippen molar-refractivity contribution < 1.29 is 0 Å². The van der Waals surface area contributed by atoms with Crippen LogP contribution in [0, 0.1) is 0 Å². The highest BCUT2D eigenvalue weighted by atomic mass is 31.1. The van der Waals surface area contributed by atoms with Gasteiger partial charge in [-0.15, -0.1) is 7.92 Å². The van der Waals surface area contributed by atoms with Gasteiger partial charge in [-0.25, -0.2) is 0 Å². The third-order valence-corrected chi connectivity index (χ3v) is 3.24. The molecule has 0 aromatic carbocycles. The highest BCUT2D eigenvalue weighted by Crippen LogP contribution is 2.27. The van der Waals surface area contributed by atoms with Crippen molar-refractivity contribution in [3.63, 3.8) is 0 Å². The Kier molecular flexibility index (Phi) is 180. The predicted octanol–water partition coefficient (Wildman–Crippen LogP) is -0.147. The molecule has 0 spiro atoms. The van der Waals surface area contributed by atoms with Gasteiger partial charge in [0.25, 0.3) is 0 Å². The highest BCUT2D eigenvalue weighted by molar-refractivity contribution is 7.56. The Morgan fingerprint density at radius 3 is 0.833 bits per heavy atom. The van der Waals surface area contributed by atoms with Crippen LogP contribution < -0.4 is 0 Å². The topological polar surface area (TPSA) is 0 Å².